The quantitative estimate of drug-likeness (QED) is 0.193. The summed E-state index contributed by atoms with van der Waals surface area (Å²) >= 11 is 0. The average Bonchev–Trinajstić information content (AvgIpc) is 2.74. The highest BCUT2D eigenvalue weighted by Crippen LogP contribution is 2.20. The van der Waals surface area contributed by atoms with Crippen molar-refractivity contribution in [1.29, 1.82) is 0 Å². The number of nitrogens with one attached hydrogen (secondary N) is 2. The Morgan fingerprint density at radius 1 is 1.19 bits per heavy atom. The molecule has 1 aliphatic heterocycles. The van der Waals surface area contributed by atoms with E-state index in [9.17, 15) is 8.42 Å². The summed E-state index contributed by atoms with van der Waals surface area (Å²) in [6.07, 6.45) is 2.86. The van der Waals surface area contributed by atoms with E-state index < -0.39 is 9.84 Å². The number of methoxy groups -OCH3 is 1. The SMILES string of the molecule is CN=C(NCCCN1CCN(c2ccc(OC)cc2)CC1)NC(C)CCS(C)(=O)=O.I. The van der Waals surface area contributed by atoms with E-state index in [0.29, 0.717) is 6.42 Å². The van der Waals surface area contributed by atoms with Crippen molar-refractivity contribution in [2.45, 2.75) is 25.8 Å². The Kier molecular flexibility index (Phi) is 12.5. The van der Waals surface area contributed by atoms with Gasteiger partial charge in [0.05, 0.1) is 12.9 Å². The van der Waals surface area contributed by atoms with Crippen LogP contribution in [0.1, 0.15) is 19.8 Å². The highest BCUT2D eigenvalue weighted by molar-refractivity contribution is 14.0. The molecule has 1 atom stereocenters. The maximum Gasteiger partial charge on any atom is 0.191 e. The molecule has 1 aromatic rings. The van der Waals surface area contributed by atoms with Crippen LogP contribution in [0.25, 0.3) is 0 Å². The third kappa shape index (κ3) is 10.7. The van der Waals surface area contributed by atoms with Gasteiger partial charge in [0.1, 0.15) is 15.6 Å². The molecule has 2 rings (SSSR count). The van der Waals surface area contributed by atoms with E-state index in [2.05, 4.69) is 37.6 Å². The summed E-state index contributed by atoms with van der Waals surface area (Å²) in [6, 6.07) is 8.31. The standard InChI is InChI=1S/C21H37N5O3S.HI/c1-18(10-17-30(4,27)28)24-21(22-2)23-11-5-12-25-13-15-26(16-14-25)19-6-8-20(29-3)9-7-19;/h6-9,18H,5,10-17H2,1-4H3,(H2,22,23,24);1H. The molecule has 10 heteroatoms. The van der Waals surface area contributed by atoms with E-state index in [0.717, 1.165) is 57.4 Å². The van der Waals surface area contributed by atoms with Crippen LogP contribution in [0, 0.1) is 0 Å². The first-order valence-electron chi connectivity index (χ1n) is 10.6. The highest BCUT2D eigenvalue weighted by Gasteiger charge is 2.17. The lowest BCUT2D eigenvalue weighted by atomic mass is 10.2. The fourth-order valence-corrected chi connectivity index (χ4v) is 4.20. The molecule has 1 aromatic carbocycles. The number of anilines is 1. The fourth-order valence-electron chi connectivity index (χ4n) is 3.42. The Hall–Kier alpha value is -1.27. The summed E-state index contributed by atoms with van der Waals surface area (Å²) in [5.41, 5.74) is 1.25. The molecule has 0 spiro atoms. The second-order valence-corrected chi connectivity index (χ2v) is 10.1. The molecule has 1 saturated heterocycles. The zero-order valence-electron chi connectivity index (χ0n) is 19.1. The van der Waals surface area contributed by atoms with Crippen molar-refractivity contribution < 1.29 is 13.2 Å². The lowest BCUT2D eigenvalue weighted by Gasteiger charge is -2.36. The molecule has 0 bridgehead atoms. The number of hydrogen-bond acceptors (Lipinski definition) is 6. The predicted octanol–water partition coefficient (Wildman–Crippen LogP) is 1.81. The fraction of sp³-hybridized carbons (Fsp3) is 0.667. The molecule has 0 saturated carbocycles. The van der Waals surface area contributed by atoms with E-state index in [4.69, 9.17) is 4.74 Å². The van der Waals surface area contributed by atoms with Crippen molar-refractivity contribution in [3.8, 4) is 5.75 Å². The summed E-state index contributed by atoms with van der Waals surface area (Å²) in [7, 11) is 0.486. The molecule has 0 aromatic heterocycles. The van der Waals surface area contributed by atoms with Crippen molar-refractivity contribution >= 4 is 45.5 Å². The number of halogens is 1. The van der Waals surface area contributed by atoms with Gasteiger partial charge in [-0.3, -0.25) is 9.89 Å². The van der Waals surface area contributed by atoms with Gasteiger partial charge in [-0.1, -0.05) is 0 Å². The van der Waals surface area contributed by atoms with Crippen molar-refractivity contribution in [3.05, 3.63) is 24.3 Å². The number of rotatable bonds is 10. The molecular formula is C21H38IN5O3S. The minimum absolute atomic E-state index is 0. The predicted molar refractivity (Wildman–Crippen MR) is 140 cm³/mol. The van der Waals surface area contributed by atoms with Crippen LogP contribution >= 0.6 is 24.0 Å². The Labute approximate surface area is 204 Å². The summed E-state index contributed by atoms with van der Waals surface area (Å²) in [6.45, 7) is 8.02. The maximum absolute atomic E-state index is 11.3. The molecule has 1 aliphatic rings. The van der Waals surface area contributed by atoms with Crippen LogP contribution in [-0.4, -0.2) is 90.8 Å². The molecule has 1 heterocycles. The van der Waals surface area contributed by atoms with Gasteiger partial charge in [0.2, 0.25) is 0 Å². The number of piperazine rings is 1. The minimum Gasteiger partial charge on any atom is -0.497 e. The molecule has 0 radical (unpaired) electrons. The van der Waals surface area contributed by atoms with Crippen LogP contribution in [0.2, 0.25) is 0 Å². The second-order valence-electron chi connectivity index (χ2n) is 7.84. The number of benzene rings is 1. The van der Waals surface area contributed by atoms with Crippen LogP contribution in [0.3, 0.4) is 0 Å². The Balaban J connectivity index is 0.00000480. The Morgan fingerprint density at radius 2 is 1.84 bits per heavy atom. The van der Waals surface area contributed by atoms with Crippen molar-refractivity contribution in [2.24, 2.45) is 4.99 Å². The molecule has 2 N–H and O–H groups in total. The van der Waals surface area contributed by atoms with Gasteiger partial charge >= 0.3 is 0 Å². The highest BCUT2D eigenvalue weighted by atomic mass is 127. The summed E-state index contributed by atoms with van der Waals surface area (Å²) < 4.78 is 27.8. The van der Waals surface area contributed by atoms with E-state index >= 15 is 0 Å². The second kappa shape index (κ2) is 14.0. The van der Waals surface area contributed by atoms with Gasteiger partial charge in [-0.25, -0.2) is 8.42 Å². The number of ether oxygens (including phenoxy) is 1. The van der Waals surface area contributed by atoms with Crippen molar-refractivity contribution in [1.82, 2.24) is 15.5 Å². The van der Waals surface area contributed by atoms with Crippen LogP contribution in [0.4, 0.5) is 5.69 Å². The van der Waals surface area contributed by atoms with Gasteiger partial charge in [0.15, 0.2) is 5.96 Å². The molecule has 31 heavy (non-hydrogen) atoms. The lowest BCUT2D eigenvalue weighted by molar-refractivity contribution is 0.255. The molecule has 8 nitrogen and oxygen atoms in total. The van der Waals surface area contributed by atoms with E-state index in [1.165, 1.54) is 11.9 Å². The Morgan fingerprint density at radius 3 is 2.39 bits per heavy atom. The largest absolute Gasteiger partial charge is 0.497 e. The number of guanidine groups is 1. The van der Waals surface area contributed by atoms with E-state index in [1.807, 2.05) is 19.1 Å². The molecule has 1 unspecified atom stereocenters. The monoisotopic (exact) mass is 567 g/mol. The Bertz CT molecular complexity index is 766. The summed E-state index contributed by atoms with van der Waals surface area (Å²) in [4.78, 5) is 9.14. The number of nitrogens with zero attached hydrogens (tertiary/aromatic N) is 3. The van der Waals surface area contributed by atoms with Gasteiger partial charge in [0.25, 0.3) is 0 Å². The smallest absolute Gasteiger partial charge is 0.191 e. The average molecular weight is 568 g/mol. The minimum atomic E-state index is -2.93. The first kappa shape index (κ1) is 27.8. The molecule has 0 aliphatic carbocycles. The molecule has 0 amide bonds. The number of sulfone groups is 1. The van der Waals surface area contributed by atoms with Crippen LogP contribution in [0.5, 0.6) is 5.75 Å². The van der Waals surface area contributed by atoms with Gasteiger partial charge in [0, 0.05) is 57.8 Å². The van der Waals surface area contributed by atoms with Gasteiger partial charge in [-0.15, -0.1) is 24.0 Å². The lowest BCUT2D eigenvalue weighted by Crippen LogP contribution is -2.47. The summed E-state index contributed by atoms with van der Waals surface area (Å²) in [5.74, 6) is 1.79. The topological polar surface area (TPSA) is 86.3 Å². The third-order valence-electron chi connectivity index (χ3n) is 5.28. The number of aliphatic imine (C=N–C) groups is 1. The third-order valence-corrected chi connectivity index (χ3v) is 6.26. The normalized spacial score (nSPS) is 16.4. The summed E-state index contributed by atoms with van der Waals surface area (Å²) in [5, 5.41) is 6.58. The zero-order valence-corrected chi connectivity index (χ0v) is 22.3. The van der Waals surface area contributed by atoms with Crippen LogP contribution in [0.15, 0.2) is 29.3 Å². The van der Waals surface area contributed by atoms with Crippen LogP contribution < -0.4 is 20.3 Å². The molecular weight excluding hydrogens is 529 g/mol. The van der Waals surface area contributed by atoms with Crippen molar-refractivity contribution in [2.75, 3.05) is 70.3 Å². The zero-order chi connectivity index (χ0) is 22.0. The molecule has 1 fully saturated rings. The van der Waals surface area contributed by atoms with Crippen molar-refractivity contribution in [3.63, 3.8) is 0 Å². The first-order valence-corrected chi connectivity index (χ1v) is 12.6. The van der Waals surface area contributed by atoms with Crippen LogP contribution in [-0.2, 0) is 9.84 Å². The van der Waals surface area contributed by atoms with E-state index in [1.54, 1.807) is 14.2 Å². The number of hydrogen-bond donors (Lipinski definition) is 2. The molecule has 178 valence electrons. The van der Waals surface area contributed by atoms with Gasteiger partial charge < -0.3 is 20.3 Å². The first-order chi connectivity index (χ1) is 14.3. The van der Waals surface area contributed by atoms with Gasteiger partial charge in [-0.2, -0.15) is 0 Å². The van der Waals surface area contributed by atoms with Gasteiger partial charge in [-0.05, 0) is 50.6 Å². The maximum atomic E-state index is 11.3. The van der Waals surface area contributed by atoms with E-state index in [-0.39, 0.29) is 35.8 Å².